The number of ether oxygens (including phenoxy) is 2. The van der Waals surface area contributed by atoms with Crippen LogP contribution >= 0.6 is 7.82 Å². The predicted octanol–water partition coefficient (Wildman–Crippen LogP) is 9.66. The lowest BCUT2D eigenvalue weighted by Gasteiger charge is -2.19. The molecule has 0 aliphatic rings. The number of nitrogens with two attached hydrogens (primary N) is 1. The lowest BCUT2D eigenvalue weighted by Crippen LogP contribution is -2.29. The van der Waals surface area contributed by atoms with E-state index in [0.29, 0.717) is 6.42 Å². The highest BCUT2D eigenvalue weighted by atomic mass is 31.2. The Bertz CT molecular complexity index is 820. The molecule has 0 fully saturated rings. The summed E-state index contributed by atoms with van der Waals surface area (Å²) in [6.45, 7) is 3.66. The van der Waals surface area contributed by atoms with E-state index in [0.717, 1.165) is 57.8 Å². The van der Waals surface area contributed by atoms with E-state index >= 15 is 0 Å². The van der Waals surface area contributed by atoms with Crippen LogP contribution in [0.25, 0.3) is 0 Å². The first-order valence-corrected chi connectivity index (χ1v) is 19.8. The molecule has 0 aromatic heterocycles. The molecule has 0 saturated heterocycles. The van der Waals surface area contributed by atoms with Crippen LogP contribution < -0.4 is 5.73 Å². The van der Waals surface area contributed by atoms with Crippen LogP contribution in [0.15, 0.2) is 24.3 Å². The molecule has 0 amide bonds. The normalized spacial score (nSPS) is 13.7. The van der Waals surface area contributed by atoms with E-state index in [1.807, 2.05) is 0 Å². The second-order valence-corrected chi connectivity index (χ2v) is 13.6. The Morgan fingerprint density at radius 2 is 1.11 bits per heavy atom. The van der Waals surface area contributed by atoms with Crippen LogP contribution in [0.1, 0.15) is 162 Å². The van der Waals surface area contributed by atoms with E-state index in [1.165, 1.54) is 70.6 Å². The van der Waals surface area contributed by atoms with Crippen molar-refractivity contribution >= 4 is 19.8 Å². The molecule has 0 aromatic rings. The van der Waals surface area contributed by atoms with Crippen LogP contribution in [0.5, 0.6) is 0 Å². The second kappa shape index (κ2) is 33.4. The zero-order valence-electron chi connectivity index (χ0n) is 29.3. The van der Waals surface area contributed by atoms with Gasteiger partial charge in [-0.3, -0.25) is 18.6 Å². The summed E-state index contributed by atoms with van der Waals surface area (Å²) in [6.07, 6.45) is 32.1. The van der Waals surface area contributed by atoms with Crippen molar-refractivity contribution < 1.29 is 37.6 Å². The summed E-state index contributed by atoms with van der Waals surface area (Å²) in [7, 11) is -4.37. The number of hydrogen-bond donors (Lipinski definition) is 2. The first-order chi connectivity index (χ1) is 22.3. The van der Waals surface area contributed by atoms with Gasteiger partial charge in [-0.1, -0.05) is 134 Å². The van der Waals surface area contributed by atoms with E-state index in [2.05, 4.69) is 38.2 Å². The average Bonchev–Trinajstić information content (AvgIpc) is 3.04. The summed E-state index contributed by atoms with van der Waals surface area (Å²) >= 11 is 0. The number of rotatable bonds is 34. The molecule has 0 bridgehead atoms. The Balaban J connectivity index is 4.27. The smallest absolute Gasteiger partial charge is 0.462 e. The largest absolute Gasteiger partial charge is 0.472 e. The molecule has 9 nitrogen and oxygen atoms in total. The topological polar surface area (TPSA) is 134 Å². The fourth-order valence-corrected chi connectivity index (χ4v) is 5.62. The Morgan fingerprint density at radius 3 is 1.63 bits per heavy atom. The molecule has 3 N–H and O–H groups in total. The molecule has 0 spiro atoms. The number of hydrogen-bond acceptors (Lipinski definition) is 8. The van der Waals surface area contributed by atoms with E-state index in [4.69, 9.17) is 24.3 Å². The van der Waals surface area contributed by atoms with Crippen molar-refractivity contribution in [3.8, 4) is 0 Å². The molecule has 0 aliphatic heterocycles. The summed E-state index contributed by atoms with van der Waals surface area (Å²) < 4.78 is 32.6. The van der Waals surface area contributed by atoms with Crippen molar-refractivity contribution in [2.75, 3.05) is 26.4 Å². The molecule has 270 valence electrons. The van der Waals surface area contributed by atoms with E-state index in [-0.39, 0.29) is 38.6 Å². The minimum absolute atomic E-state index is 0.0518. The first kappa shape index (κ1) is 44.5. The molecule has 0 saturated carbocycles. The summed E-state index contributed by atoms with van der Waals surface area (Å²) in [5.74, 6) is -0.847. The molecular weight excluding hydrogens is 605 g/mol. The fraction of sp³-hybridized carbons (Fsp3) is 0.833. The number of carbonyl (C=O) groups excluding carboxylic acids is 2. The molecule has 0 rings (SSSR count). The van der Waals surface area contributed by atoms with Crippen LogP contribution in [0, 0.1) is 0 Å². The van der Waals surface area contributed by atoms with Crippen LogP contribution in [0.4, 0.5) is 0 Å². The van der Waals surface area contributed by atoms with Crippen molar-refractivity contribution in [1.29, 1.82) is 0 Å². The van der Waals surface area contributed by atoms with Crippen LogP contribution in [0.3, 0.4) is 0 Å². The van der Waals surface area contributed by atoms with Crippen molar-refractivity contribution in [3.05, 3.63) is 24.3 Å². The summed E-state index contributed by atoms with van der Waals surface area (Å²) in [5.41, 5.74) is 5.32. The van der Waals surface area contributed by atoms with Crippen LogP contribution in [-0.4, -0.2) is 49.3 Å². The first-order valence-electron chi connectivity index (χ1n) is 18.3. The molecule has 10 heteroatoms. The van der Waals surface area contributed by atoms with Gasteiger partial charge in [-0.05, 0) is 38.5 Å². The highest BCUT2D eigenvalue weighted by Gasteiger charge is 2.25. The number of carbonyl (C=O) groups is 2. The lowest BCUT2D eigenvalue weighted by molar-refractivity contribution is -0.161. The zero-order chi connectivity index (χ0) is 34.0. The van der Waals surface area contributed by atoms with Gasteiger partial charge in [0.25, 0.3) is 0 Å². The summed E-state index contributed by atoms with van der Waals surface area (Å²) in [6, 6.07) is 0. The number of phosphoric acid groups is 1. The Hall–Kier alpha value is -1.51. The SMILES string of the molecule is CCCCCC/C=C/C=C/CCCCCCCC(=O)O[C@H](COC(=O)CCCCCCCCCCCC)COP(=O)(O)OCCN. The molecule has 0 aromatic carbocycles. The summed E-state index contributed by atoms with van der Waals surface area (Å²) in [5, 5.41) is 0. The average molecular weight is 674 g/mol. The molecule has 0 heterocycles. The quantitative estimate of drug-likeness (QED) is 0.0296. The third-order valence-corrected chi connectivity index (χ3v) is 8.60. The minimum Gasteiger partial charge on any atom is -0.462 e. The van der Waals surface area contributed by atoms with Crippen molar-refractivity contribution in [3.63, 3.8) is 0 Å². The van der Waals surface area contributed by atoms with Gasteiger partial charge in [0.05, 0.1) is 13.2 Å². The van der Waals surface area contributed by atoms with Crippen LogP contribution in [0.2, 0.25) is 0 Å². The van der Waals surface area contributed by atoms with Crippen molar-refractivity contribution in [2.24, 2.45) is 5.73 Å². The number of unbranched alkanes of at least 4 members (excludes halogenated alkanes) is 18. The van der Waals surface area contributed by atoms with Gasteiger partial charge < -0.3 is 20.1 Å². The maximum Gasteiger partial charge on any atom is 0.472 e. The van der Waals surface area contributed by atoms with Crippen molar-refractivity contribution in [1.82, 2.24) is 0 Å². The van der Waals surface area contributed by atoms with Crippen LogP contribution in [-0.2, 0) is 32.7 Å². The Morgan fingerprint density at radius 1 is 0.652 bits per heavy atom. The fourth-order valence-electron chi connectivity index (χ4n) is 4.86. The highest BCUT2D eigenvalue weighted by Crippen LogP contribution is 2.43. The van der Waals surface area contributed by atoms with Gasteiger partial charge in [-0.2, -0.15) is 0 Å². The standard InChI is InChI=1S/C36H68NO8P/c1-3-5-7-9-11-13-15-16-17-18-19-21-23-25-27-29-36(39)45-34(33-44-46(40,41)43-31-30-37)32-42-35(38)28-26-24-22-20-14-12-10-8-6-4-2/h13,15-17,34H,3-12,14,18-33,37H2,1-2H3,(H,40,41)/b15-13+,17-16+/t34-/m1/s1. The Kier molecular flexibility index (Phi) is 32.3. The molecule has 1 unspecified atom stereocenters. The number of phosphoric ester groups is 1. The molecule has 0 radical (unpaired) electrons. The lowest BCUT2D eigenvalue weighted by atomic mass is 10.1. The number of esters is 2. The Labute approximate surface area is 281 Å². The monoisotopic (exact) mass is 673 g/mol. The molecule has 46 heavy (non-hydrogen) atoms. The van der Waals surface area contributed by atoms with E-state index < -0.39 is 26.5 Å². The summed E-state index contributed by atoms with van der Waals surface area (Å²) in [4.78, 5) is 34.6. The predicted molar refractivity (Wildman–Crippen MR) is 187 cm³/mol. The van der Waals surface area contributed by atoms with Gasteiger partial charge in [0.15, 0.2) is 6.10 Å². The van der Waals surface area contributed by atoms with Gasteiger partial charge in [-0.25, -0.2) is 4.57 Å². The second-order valence-electron chi connectivity index (χ2n) is 12.1. The van der Waals surface area contributed by atoms with Gasteiger partial charge >= 0.3 is 19.8 Å². The third kappa shape index (κ3) is 32.4. The highest BCUT2D eigenvalue weighted by molar-refractivity contribution is 7.47. The maximum absolute atomic E-state index is 12.5. The van der Waals surface area contributed by atoms with Gasteiger partial charge in [-0.15, -0.1) is 0 Å². The van der Waals surface area contributed by atoms with Gasteiger partial charge in [0, 0.05) is 19.4 Å². The molecule has 0 aliphatic carbocycles. The molecular formula is C36H68NO8P. The molecule has 2 atom stereocenters. The minimum atomic E-state index is -4.37. The van der Waals surface area contributed by atoms with E-state index in [9.17, 15) is 19.0 Å². The maximum atomic E-state index is 12.5. The van der Waals surface area contributed by atoms with E-state index in [1.54, 1.807) is 0 Å². The third-order valence-electron chi connectivity index (χ3n) is 7.62. The van der Waals surface area contributed by atoms with Crippen molar-refractivity contribution in [2.45, 2.75) is 168 Å². The number of allylic oxidation sites excluding steroid dienone is 4. The zero-order valence-corrected chi connectivity index (χ0v) is 30.2. The van der Waals surface area contributed by atoms with Gasteiger partial charge in [0.2, 0.25) is 0 Å². The van der Waals surface area contributed by atoms with Gasteiger partial charge in [0.1, 0.15) is 6.61 Å².